The quantitative estimate of drug-likeness (QED) is 0.612. The van der Waals surface area contributed by atoms with Crippen molar-refractivity contribution in [1.29, 1.82) is 0 Å². The van der Waals surface area contributed by atoms with Crippen LogP contribution in [0.1, 0.15) is 19.8 Å². The maximum absolute atomic E-state index is 12.0. The fourth-order valence-electron chi connectivity index (χ4n) is 2.32. The first kappa shape index (κ1) is 10.1. The lowest BCUT2D eigenvalue weighted by Crippen LogP contribution is -2.44. The number of ketones is 2. The molecule has 2 rings (SSSR count). The van der Waals surface area contributed by atoms with Gasteiger partial charge in [-0.1, -0.05) is 19.1 Å². The molecule has 2 aliphatic carbocycles. The smallest absolute Gasteiger partial charge is 0.201 e. The fourth-order valence-corrected chi connectivity index (χ4v) is 2.32. The molecule has 0 aromatic carbocycles. The van der Waals surface area contributed by atoms with Gasteiger partial charge in [0.1, 0.15) is 0 Å². The Morgan fingerprint density at radius 3 is 2.80 bits per heavy atom. The number of ether oxygens (including phenoxy) is 1. The van der Waals surface area contributed by atoms with Gasteiger partial charge in [0, 0.05) is 17.4 Å². The van der Waals surface area contributed by atoms with Gasteiger partial charge in [-0.3, -0.25) is 9.59 Å². The van der Waals surface area contributed by atoms with Crippen LogP contribution < -0.4 is 0 Å². The van der Waals surface area contributed by atoms with Crippen LogP contribution in [0.25, 0.3) is 0 Å². The molecule has 0 N–H and O–H groups in total. The number of Topliss-reactive ketones (excluding diaryl/α,β-unsaturated/α-hetero) is 1. The van der Waals surface area contributed by atoms with Crippen molar-refractivity contribution < 1.29 is 14.3 Å². The number of methoxy groups -OCH3 is 1. The van der Waals surface area contributed by atoms with Crippen molar-refractivity contribution in [2.45, 2.75) is 19.8 Å². The SMILES string of the molecule is COC1=CC(=O)[C@@]2(C)CC=CC[C@H]2C1=O. The molecule has 0 fully saturated rings. The number of carbonyl (C=O) groups is 2. The van der Waals surface area contributed by atoms with Crippen molar-refractivity contribution in [2.75, 3.05) is 7.11 Å². The fraction of sp³-hybridized carbons (Fsp3) is 0.500. The molecule has 3 heteroatoms. The number of fused-ring (bicyclic) bond motifs is 1. The molecule has 0 amide bonds. The van der Waals surface area contributed by atoms with Crippen LogP contribution in [0.4, 0.5) is 0 Å². The molecule has 2 aliphatic rings. The molecule has 0 unspecified atom stereocenters. The molecule has 80 valence electrons. The zero-order valence-corrected chi connectivity index (χ0v) is 8.95. The van der Waals surface area contributed by atoms with Crippen LogP contribution in [-0.2, 0) is 14.3 Å². The number of allylic oxidation sites excluding steroid dienone is 4. The van der Waals surface area contributed by atoms with Crippen molar-refractivity contribution in [3.05, 3.63) is 24.0 Å². The second-order valence-electron chi connectivity index (χ2n) is 4.32. The highest BCUT2D eigenvalue weighted by atomic mass is 16.5. The van der Waals surface area contributed by atoms with Gasteiger partial charge < -0.3 is 4.74 Å². The van der Waals surface area contributed by atoms with E-state index in [0.717, 1.165) is 0 Å². The predicted octanol–water partition coefficient (Wildman–Crippen LogP) is 1.64. The summed E-state index contributed by atoms with van der Waals surface area (Å²) in [7, 11) is 1.43. The summed E-state index contributed by atoms with van der Waals surface area (Å²) in [6, 6.07) is 0. The molecule has 0 spiro atoms. The zero-order valence-electron chi connectivity index (χ0n) is 8.95. The van der Waals surface area contributed by atoms with Gasteiger partial charge in [-0.05, 0) is 12.8 Å². The van der Waals surface area contributed by atoms with Gasteiger partial charge in [0.2, 0.25) is 5.78 Å². The normalized spacial score (nSPS) is 34.8. The minimum atomic E-state index is -0.548. The second-order valence-corrected chi connectivity index (χ2v) is 4.32. The Labute approximate surface area is 88.8 Å². The summed E-state index contributed by atoms with van der Waals surface area (Å²) in [4.78, 5) is 23.9. The van der Waals surface area contributed by atoms with E-state index in [9.17, 15) is 9.59 Å². The first-order chi connectivity index (χ1) is 7.09. The first-order valence-corrected chi connectivity index (χ1v) is 5.09. The summed E-state index contributed by atoms with van der Waals surface area (Å²) >= 11 is 0. The molecule has 0 saturated heterocycles. The molecule has 0 radical (unpaired) electrons. The molecule has 0 aromatic rings. The van der Waals surface area contributed by atoms with Crippen LogP contribution in [0.2, 0.25) is 0 Å². The monoisotopic (exact) mass is 206 g/mol. The molecule has 0 aliphatic heterocycles. The van der Waals surface area contributed by atoms with Crippen molar-refractivity contribution in [2.24, 2.45) is 11.3 Å². The summed E-state index contributed by atoms with van der Waals surface area (Å²) in [5, 5.41) is 0. The lowest BCUT2D eigenvalue weighted by molar-refractivity contribution is -0.138. The van der Waals surface area contributed by atoms with E-state index in [1.54, 1.807) is 0 Å². The topological polar surface area (TPSA) is 43.4 Å². The standard InChI is InChI=1S/C12H14O3/c1-12-6-4-3-5-8(12)11(14)9(15-2)7-10(12)13/h3-4,7-8H,5-6H2,1-2H3/t8-,12-/m0/s1. The van der Waals surface area contributed by atoms with E-state index in [0.29, 0.717) is 12.8 Å². The Balaban J connectivity index is 2.46. The van der Waals surface area contributed by atoms with Gasteiger partial charge in [-0.2, -0.15) is 0 Å². The molecule has 15 heavy (non-hydrogen) atoms. The molecule has 0 bridgehead atoms. The van der Waals surface area contributed by atoms with Gasteiger partial charge in [0.15, 0.2) is 11.5 Å². The van der Waals surface area contributed by atoms with E-state index in [2.05, 4.69) is 0 Å². The molecule has 2 atom stereocenters. The van der Waals surface area contributed by atoms with Crippen molar-refractivity contribution in [1.82, 2.24) is 0 Å². The summed E-state index contributed by atoms with van der Waals surface area (Å²) in [6.45, 7) is 1.87. The average Bonchev–Trinajstić information content (AvgIpc) is 2.24. The number of rotatable bonds is 1. The Morgan fingerprint density at radius 1 is 1.40 bits per heavy atom. The Hall–Kier alpha value is -1.38. The average molecular weight is 206 g/mol. The van der Waals surface area contributed by atoms with Gasteiger partial charge in [-0.25, -0.2) is 0 Å². The van der Waals surface area contributed by atoms with Crippen LogP contribution in [-0.4, -0.2) is 18.7 Å². The second kappa shape index (κ2) is 3.33. The number of hydrogen-bond donors (Lipinski definition) is 0. The van der Waals surface area contributed by atoms with Gasteiger partial charge >= 0.3 is 0 Å². The van der Waals surface area contributed by atoms with E-state index < -0.39 is 5.41 Å². The zero-order chi connectivity index (χ0) is 11.1. The Morgan fingerprint density at radius 2 is 2.13 bits per heavy atom. The predicted molar refractivity (Wildman–Crippen MR) is 55.1 cm³/mol. The maximum atomic E-state index is 12.0. The molecule has 0 aromatic heterocycles. The molecule has 0 saturated carbocycles. The van der Waals surface area contributed by atoms with Crippen LogP contribution in [0, 0.1) is 11.3 Å². The summed E-state index contributed by atoms with van der Waals surface area (Å²) in [5.41, 5.74) is -0.548. The van der Waals surface area contributed by atoms with E-state index in [1.807, 2.05) is 19.1 Å². The summed E-state index contributed by atoms with van der Waals surface area (Å²) in [6.07, 6.45) is 6.58. The lowest BCUT2D eigenvalue weighted by atomic mass is 9.63. The highest BCUT2D eigenvalue weighted by Gasteiger charge is 2.48. The first-order valence-electron chi connectivity index (χ1n) is 5.09. The lowest BCUT2D eigenvalue weighted by Gasteiger charge is -2.38. The molecular weight excluding hydrogens is 192 g/mol. The third-order valence-corrected chi connectivity index (χ3v) is 3.45. The van der Waals surface area contributed by atoms with E-state index in [1.165, 1.54) is 13.2 Å². The Bertz CT molecular complexity index is 378. The summed E-state index contributed by atoms with van der Waals surface area (Å²) < 4.78 is 4.93. The highest BCUT2D eigenvalue weighted by Crippen LogP contribution is 2.43. The minimum Gasteiger partial charge on any atom is -0.493 e. The van der Waals surface area contributed by atoms with Crippen molar-refractivity contribution in [3.8, 4) is 0 Å². The maximum Gasteiger partial charge on any atom is 0.201 e. The van der Waals surface area contributed by atoms with E-state index >= 15 is 0 Å². The van der Waals surface area contributed by atoms with Crippen LogP contribution in [0.5, 0.6) is 0 Å². The van der Waals surface area contributed by atoms with Crippen LogP contribution >= 0.6 is 0 Å². The van der Waals surface area contributed by atoms with Crippen LogP contribution in [0.3, 0.4) is 0 Å². The van der Waals surface area contributed by atoms with Gasteiger partial charge in [0.05, 0.1) is 7.11 Å². The van der Waals surface area contributed by atoms with E-state index in [-0.39, 0.29) is 23.2 Å². The third-order valence-electron chi connectivity index (χ3n) is 3.45. The van der Waals surface area contributed by atoms with E-state index in [4.69, 9.17) is 4.74 Å². The molecule has 0 heterocycles. The summed E-state index contributed by atoms with van der Waals surface area (Å²) in [5.74, 6) is -0.0648. The van der Waals surface area contributed by atoms with Crippen LogP contribution in [0.15, 0.2) is 24.0 Å². The van der Waals surface area contributed by atoms with Crippen molar-refractivity contribution >= 4 is 11.6 Å². The highest BCUT2D eigenvalue weighted by molar-refractivity contribution is 6.11. The van der Waals surface area contributed by atoms with Gasteiger partial charge in [-0.15, -0.1) is 0 Å². The number of carbonyl (C=O) groups excluding carboxylic acids is 2. The largest absolute Gasteiger partial charge is 0.493 e. The molecular formula is C12H14O3. The Kier molecular flexibility index (Phi) is 2.25. The third kappa shape index (κ3) is 1.34. The molecule has 3 nitrogen and oxygen atoms in total. The van der Waals surface area contributed by atoms with Crippen molar-refractivity contribution in [3.63, 3.8) is 0 Å². The minimum absolute atomic E-state index is 0.00769. The van der Waals surface area contributed by atoms with Gasteiger partial charge in [0.25, 0.3) is 0 Å². The number of hydrogen-bond acceptors (Lipinski definition) is 3.